The Morgan fingerprint density at radius 2 is 1.76 bits per heavy atom. The van der Waals surface area contributed by atoms with Crippen molar-refractivity contribution in [1.82, 2.24) is 4.90 Å². The van der Waals surface area contributed by atoms with E-state index < -0.39 is 5.60 Å². The molecule has 0 radical (unpaired) electrons. The van der Waals surface area contributed by atoms with Gasteiger partial charge in [-0.3, -0.25) is 9.59 Å². The van der Waals surface area contributed by atoms with Crippen LogP contribution in [-0.4, -0.2) is 49.5 Å². The fourth-order valence-electron chi connectivity index (χ4n) is 4.13. The molecular weight excluding hydrogens is 370 g/mol. The summed E-state index contributed by atoms with van der Waals surface area (Å²) < 4.78 is 17.0. The molecule has 0 bridgehead atoms. The quantitative estimate of drug-likeness (QED) is 0.794. The molecule has 0 unspecified atom stereocenters. The summed E-state index contributed by atoms with van der Waals surface area (Å²) in [4.78, 5) is 27.6. The Labute approximate surface area is 170 Å². The van der Waals surface area contributed by atoms with Crippen LogP contribution in [0.15, 0.2) is 36.4 Å². The molecule has 2 aliphatic heterocycles. The van der Waals surface area contributed by atoms with Crippen LogP contribution >= 0.6 is 0 Å². The van der Waals surface area contributed by atoms with Crippen molar-refractivity contribution < 1.29 is 23.8 Å². The molecule has 1 saturated heterocycles. The lowest BCUT2D eigenvalue weighted by molar-refractivity contribution is -0.00610. The summed E-state index contributed by atoms with van der Waals surface area (Å²) in [6.07, 6.45) is 1.50. The fourth-order valence-corrected chi connectivity index (χ4v) is 4.13. The number of rotatable bonds is 3. The van der Waals surface area contributed by atoms with Gasteiger partial charge in [-0.2, -0.15) is 0 Å². The van der Waals surface area contributed by atoms with Crippen molar-refractivity contribution in [3.05, 3.63) is 53.1 Å². The molecule has 0 saturated carbocycles. The van der Waals surface area contributed by atoms with Crippen LogP contribution in [0.2, 0.25) is 0 Å². The first-order valence-corrected chi connectivity index (χ1v) is 9.79. The van der Waals surface area contributed by atoms with Gasteiger partial charge in [0.15, 0.2) is 5.78 Å². The highest BCUT2D eigenvalue weighted by molar-refractivity contribution is 6.03. The maximum Gasteiger partial charge on any atom is 0.253 e. The number of hydrogen-bond donors (Lipinski definition) is 0. The number of ketones is 1. The minimum Gasteiger partial charge on any atom is -0.496 e. The van der Waals surface area contributed by atoms with Crippen molar-refractivity contribution in [3.8, 4) is 17.2 Å². The second-order valence-corrected chi connectivity index (χ2v) is 7.75. The van der Waals surface area contributed by atoms with Crippen molar-refractivity contribution in [2.75, 3.05) is 27.3 Å². The Morgan fingerprint density at radius 1 is 1.07 bits per heavy atom. The van der Waals surface area contributed by atoms with E-state index in [4.69, 9.17) is 14.2 Å². The molecule has 2 heterocycles. The standard InChI is InChI=1S/C23H25NO5/c1-15-4-6-16(7-5-15)22(26)24-10-8-23(9-11-24)14-18(25)21-19(28-3)12-17(27-2)13-20(21)29-23/h4-7,12-13H,8-11,14H2,1-3H3. The number of piperidine rings is 1. The number of carbonyl (C=O) groups is 2. The van der Waals surface area contributed by atoms with Gasteiger partial charge in [0.05, 0.1) is 20.6 Å². The number of aryl methyl sites for hydroxylation is 1. The largest absolute Gasteiger partial charge is 0.496 e. The van der Waals surface area contributed by atoms with Gasteiger partial charge in [0.25, 0.3) is 5.91 Å². The average molecular weight is 395 g/mol. The summed E-state index contributed by atoms with van der Waals surface area (Å²) in [5, 5.41) is 0. The molecule has 0 aromatic heterocycles. The number of carbonyl (C=O) groups excluding carboxylic acids is 2. The zero-order valence-corrected chi connectivity index (χ0v) is 17.0. The molecule has 1 amide bonds. The van der Waals surface area contributed by atoms with E-state index in [1.54, 1.807) is 19.2 Å². The van der Waals surface area contributed by atoms with E-state index in [1.165, 1.54) is 7.11 Å². The molecule has 152 valence electrons. The summed E-state index contributed by atoms with van der Waals surface area (Å²) in [6.45, 7) is 3.10. The molecule has 6 heteroatoms. The molecule has 2 aromatic carbocycles. The van der Waals surface area contributed by atoms with Gasteiger partial charge < -0.3 is 19.1 Å². The van der Waals surface area contributed by atoms with E-state index in [1.807, 2.05) is 36.1 Å². The van der Waals surface area contributed by atoms with Crippen molar-refractivity contribution in [2.45, 2.75) is 31.8 Å². The molecule has 0 aliphatic carbocycles. The van der Waals surface area contributed by atoms with E-state index in [0.29, 0.717) is 54.3 Å². The normalized spacial score (nSPS) is 17.5. The Hall–Kier alpha value is -3.02. The number of nitrogens with zero attached hydrogens (tertiary/aromatic N) is 1. The smallest absolute Gasteiger partial charge is 0.253 e. The predicted molar refractivity (Wildman–Crippen MR) is 108 cm³/mol. The van der Waals surface area contributed by atoms with Gasteiger partial charge in [-0.1, -0.05) is 17.7 Å². The number of likely N-dealkylation sites (tertiary alicyclic amines) is 1. The Balaban J connectivity index is 1.52. The van der Waals surface area contributed by atoms with Crippen LogP contribution in [-0.2, 0) is 0 Å². The van der Waals surface area contributed by atoms with Gasteiger partial charge in [0, 0.05) is 43.6 Å². The molecule has 2 aliphatic rings. The van der Waals surface area contributed by atoms with Crippen LogP contribution in [0.4, 0.5) is 0 Å². The molecule has 1 spiro atoms. The third-order valence-corrected chi connectivity index (χ3v) is 5.84. The molecule has 1 fully saturated rings. The van der Waals surface area contributed by atoms with E-state index in [2.05, 4.69) is 0 Å². The minimum atomic E-state index is -0.592. The predicted octanol–water partition coefficient (Wildman–Crippen LogP) is 3.65. The van der Waals surface area contributed by atoms with Crippen LogP contribution < -0.4 is 14.2 Å². The maximum absolute atomic E-state index is 12.9. The summed E-state index contributed by atoms with van der Waals surface area (Å²) in [5.41, 5.74) is 1.69. The third kappa shape index (κ3) is 3.55. The van der Waals surface area contributed by atoms with Gasteiger partial charge in [-0.05, 0) is 19.1 Å². The number of fused-ring (bicyclic) bond motifs is 1. The summed E-state index contributed by atoms with van der Waals surface area (Å²) in [5.74, 6) is 1.56. The highest BCUT2D eigenvalue weighted by Gasteiger charge is 2.45. The van der Waals surface area contributed by atoms with E-state index in [0.717, 1.165) is 5.56 Å². The minimum absolute atomic E-state index is 0.00376. The lowest BCUT2D eigenvalue weighted by Gasteiger charge is -2.44. The number of ether oxygens (including phenoxy) is 3. The lowest BCUT2D eigenvalue weighted by atomic mass is 9.82. The molecule has 0 N–H and O–H groups in total. The SMILES string of the molecule is COc1cc(OC)c2c(c1)OC1(CCN(C(=O)c3ccc(C)cc3)CC1)CC2=O. The van der Waals surface area contributed by atoms with Crippen LogP contribution in [0.1, 0.15) is 45.5 Å². The molecule has 6 nitrogen and oxygen atoms in total. The number of amides is 1. The Morgan fingerprint density at radius 3 is 2.38 bits per heavy atom. The number of Topliss-reactive ketones (excluding diaryl/α,β-unsaturated/α-hetero) is 1. The number of methoxy groups -OCH3 is 2. The number of hydrogen-bond acceptors (Lipinski definition) is 5. The third-order valence-electron chi connectivity index (χ3n) is 5.84. The highest BCUT2D eigenvalue weighted by Crippen LogP contribution is 2.44. The van der Waals surface area contributed by atoms with Gasteiger partial charge in [0.2, 0.25) is 0 Å². The van der Waals surface area contributed by atoms with Crippen molar-refractivity contribution in [3.63, 3.8) is 0 Å². The van der Waals surface area contributed by atoms with Gasteiger partial charge in [-0.25, -0.2) is 0 Å². The molecule has 2 aromatic rings. The Bertz CT molecular complexity index is 942. The maximum atomic E-state index is 12.9. The summed E-state index contributed by atoms with van der Waals surface area (Å²) >= 11 is 0. The van der Waals surface area contributed by atoms with Crippen molar-refractivity contribution >= 4 is 11.7 Å². The lowest BCUT2D eigenvalue weighted by Crippen LogP contribution is -2.52. The van der Waals surface area contributed by atoms with Crippen LogP contribution in [0.25, 0.3) is 0 Å². The van der Waals surface area contributed by atoms with Crippen molar-refractivity contribution in [1.29, 1.82) is 0 Å². The monoisotopic (exact) mass is 395 g/mol. The zero-order chi connectivity index (χ0) is 20.6. The highest BCUT2D eigenvalue weighted by atomic mass is 16.5. The van der Waals surface area contributed by atoms with Crippen molar-refractivity contribution in [2.24, 2.45) is 0 Å². The van der Waals surface area contributed by atoms with Crippen LogP contribution in [0.5, 0.6) is 17.2 Å². The van der Waals surface area contributed by atoms with E-state index >= 15 is 0 Å². The molecule has 4 rings (SSSR count). The molecule has 29 heavy (non-hydrogen) atoms. The first-order valence-electron chi connectivity index (χ1n) is 9.79. The topological polar surface area (TPSA) is 65.1 Å². The average Bonchev–Trinajstić information content (AvgIpc) is 2.73. The van der Waals surface area contributed by atoms with Gasteiger partial charge >= 0.3 is 0 Å². The first kappa shape index (κ1) is 19.3. The van der Waals surface area contributed by atoms with Crippen LogP contribution in [0, 0.1) is 6.92 Å². The molecular formula is C23H25NO5. The number of benzene rings is 2. The van der Waals surface area contributed by atoms with Gasteiger partial charge in [0.1, 0.15) is 28.4 Å². The summed E-state index contributed by atoms with van der Waals surface area (Å²) in [6, 6.07) is 11.0. The van der Waals surface area contributed by atoms with E-state index in [9.17, 15) is 9.59 Å². The first-order chi connectivity index (χ1) is 13.9. The second-order valence-electron chi connectivity index (χ2n) is 7.75. The van der Waals surface area contributed by atoms with Gasteiger partial charge in [-0.15, -0.1) is 0 Å². The Kier molecular flexibility index (Phi) is 4.94. The van der Waals surface area contributed by atoms with Crippen LogP contribution in [0.3, 0.4) is 0 Å². The van der Waals surface area contributed by atoms with E-state index in [-0.39, 0.29) is 18.1 Å². The second kappa shape index (κ2) is 7.43. The fraction of sp³-hybridized carbons (Fsp3) is 0.391. The zero-order valence-electron chi connectivity index (χ0n) is 17.0. The summed E-state index contributed by atoms with van der Waals surface area (Å²) in [7, 11) is 3.10. The molecule has 0 atom stereocenters.